The van der Waals surface area contributed by atoms with Crippen LogP contribution in [0, 0.1) is 11.3 Å². The van der Waals surface area contributed by atoms with Crippen molar-refractivity contribution in [2.45, 2.75) is 58.4 Å². The second kappa shape index (κ2) is 7.74. The maximum Gasteiger partial charge on any atom is 0.232 e. The average Bonchev–Trinajstić information content (AvgIpc) is 2.98. The molecule has 5 heteroatoms. The van der Waals surface area contributed by atoms with Gasteiger partial charge in [-0.05, 0) is 30.6 Å². The van der Waals surface area contributed by atoms with E-state index in [0.29, 0.717) is 24.0 Å². The van der Waals surface area contributed by atoms with Crippen LogP contribution < -0.4 is 5.32 Å². The fraction of sp³-hybridized carbons (Fsp3) is 0.545. The van der Waals surface area contributed by atoms with Crippen molar-refractivity contribution in [3.63, 3.8) is 0 Å². The third kappa shape index (κ3) is 5.11. The maximum absolute atomic E-state index is 9.37. The summed E-state index contributed by atoms with van der Waals surface area (Å²) >= 11 is 0. The van der Waals surface area contributed by atoms with Gasteiger partial charge in [0.05, 0.1) is 6.04 Å². The van der Waals surface area contributed by atoms with Gasteiger partial charge < -0.3 is 14.6 Å². The highest BCUT2D eigenvalue weighted by molar-refractivity contribution is 5.46. The summed E-state index contributed by atoms with van der Waals surface area (Å²) < 4.78 is 5.84. The fourth-order valence-corrected chi connectivity index (χ4v) is 2.83. The molecule has 1 aromatic carbocycles. The standard InChI is InChI=1S/C22H32N4O/c1-21(2,3)16-11-9-15(10-12-16)18(26(7)8)14-24-19-17(13-23)25-20(27-19)22(4,5)6/h9-12,18,24H,14H2,1-8H3/t18-/m1/s1. The number of nitrogens with one attached hydrogen (secondary N) is 1. The molecule has 1 heterocycles. The van der Waals surface area contributed by atoms with Crippen molar-refractivity contribution < 1.29 is 4.42 Å². The number of nitrogens with zero attached hydrogens (tertiary/aromatic N) is 3. The van der Waals surface area contributed by atoms with Gasteiger partial charge in [-0.15, -0.1) is 0 Å². The minimum atomic E-state index is -0.241. The number of oxazole rings is 1. The maximum atomic E-state index is 9.37. The first-order chi connectivity index (χ1) is 12.4. The van der Waals surface area contributed by atoms with Crippen LogP contribution in [0.3, 0.4) is 0 Å². The Morgan fingerprint density at radius 3 is 2.11 bits per heavy atom. The van der Waals surface area contributed by atoms with Gasteiger partial charge in [-0.25, -0.2) is 0 Å². The molecule has 1 aromatic heterocycles. The minimum Gasteiger partial charge on any atom is -0.423 e. The van der Waals surface area contributed by atoms with Crippen molar-refractivity contribution in [2.75, 3.05) is 26.0 Å². The normalized spacial score (nSPS) is 13.5. The highest BCUT2D eigenvalue weighted by atomic mass is 16.4. The van der Waals surface area contributed by atoms with Crippen molar-refractivity contribution in [1.82, 2.24) is 9.88 Å². The highest BCUT2D eigenvalue weighted by Gasteiger charge is 2.25. The van der Waals surface area contributed by atoms with Crippen LogP contribution in [0.4, 0.5) is 5.88 Å². The molecule has 0 radical (unpaired) electrons. The van der Waals surface area contributed by atoms with Crippen LogP contribution in [0.1, 0.15) is 70.3 Å². The van der Waals surface area contributed by atoms with E-state index in [4.69, 9.17) is 4.42 Å². The number of benzene rings is 1. The van der Waals surface area contributed by atoms with Crippen molar-refractivity contribution in [1.29, 1.82) is 5.26 Å². The fourth-order valence-electron chi connectivity index (χ4n) is 2.83. The van der Waals surface area contributed by atoms with Gasteiger partial charge in [-0.3, -0.25) is 0 Å². The third-order valence-corrected chi connectivity index (χ3v) is 4.62. The molecule has 0 fully saturated rings. The van der Waals surface area contributed by atoms with E-state index in [-0.39, 0.29) is 16.9 Å². The van der Waals surface area contributed by atoms with Gasteiger partial charge in [0.25, 0.3) is 0 Å². The Labute approximate surface area is 163 Å². The van der Waals surface area contributed by atoms with E-state index in [0.717, 1.165) is 0 Å². The molecule has 0 saturated heterocycles. The van der Waals surface area contributed by atoms with Gasteiger partial charge in [0.1, 0.15) is 6.07 Å². The molecule has 1 atom stereocenters. The van der Waals surface area contributed by atoms with Gasteiger partial charge in [0.15, 0.2) is 0 Å². The zero-order valence-electron chi connectivity index (χ0n) is 17.8. The molecule has 0 aliphatic carbocycles. The van der Waals surface area contributed by atoms with Crippen LogP contribution in [0.15, 0.2) is 28.7 Å². The van der Waals surface area contributed by atoms with E-state index in [1.54, 1.807) is 0 Å². The number of likely N-dealkylation sites (N-methyl/N-ethyl adjacent to an activating group) is 1. The molecule has 2 rings (SSSR count). The minimum absolute atomic E-state index is 0.134. The molecule has 5 nitrogen and oxygen atoms in total. The number of nitriles is 1. The lowest BCUT2D eigenvalue weighted by molar-refractivity contribution is 0.309. The summed E-state index contributed by atoms with van der Waals surface area (Å²) in [4.78, 5) is 6.49. The predicted molar refractivity (Wildman–Crippen MR) is 110 cm³/mol. The number of rotatable bonds is 5. The zero-order valence-corrected chi connectivity index (χ0v) is 17.8. The molecule has 0 bridgehead atoms. The number of aromatic nitrogens is 1. The van der Waals surface area contributed by atoms with Crippen LogP contribution in [0.5, 0.6) is 0 Å². The summed E-state index contributed by atoms with van der Waals surface area (Å²) in [6, 6.07) is 11.0. The number of hydrogen-bond donors (Lipinski definition) is 1. The molecule has 27 heavy (non-hydrogen) atoms. The molecular weight excluding hydrogens is 336 g/mol. The Morgan fingerprint density at radius 1 is 1.07 bits per heavy atom. The summed E-state index contributed by atoms with van der Waals surface area (Å²) in [5, 5.41) is 12.7. The first kappa shape index (κ1) is 21.0. The molecule has 0 aliphatic heterocycles. The Kier molecular flexibility index (Phi) is 6.01. The molecule has 146 valence electrons. The van der Waals surface area contributed by atoms with Crippen molar-refractivity contribution in [3.05, 3.63) is 47.0 Å². The molecule has 0 saturated carbocycles. The monoisotopic (exact) mass is 368 g/mol. The Morgan fingerprint density at radius 2 is 1.67 bits per heavy atom. The number of anilines is 1. The summed E-state index contributed by atoms with van der Waals surface area (Å²) in [5.41, 5.74) is 2.73. The quantitative estimate of drug-likeness (QED) is 0.817. The predicted octanol–water partition coefficient (Wildman–Crippen LogP) is 4.86. The summed E-state index contributed by atoms with van der Waals surface area (Å²) in [6.45, 7) is 13.3. The molecule has 2 aromatic rings. The van der Waals surface area contributed by atoms with E-state index < -0.39 is 0 Å². The van der Waals surface area contributed by atoms with Crippen molar-refractivity contribution >= 4 is 5.88 Å². The molecule has 0 amide bonds. The average molecular weight is 369 g/mol. The largest absolute Gasteiger partial charge is 0.423 e. The summed E-state index contributed by atoms with van der Waals surface area (Å²) in [6.07, 6.45) is 0. The smallest absolute Gasteiger partial charge is 0.232 e. The van der Waals surface area contributed by atoms with Gasteiger partial charge in [0.2, 0.25) is 17.5 Å². The SMILES string of the molecule is CN(C)[C@H](CNc1oc(C(C)(C)C)nc1C#N)c1ccc(C(C)(C)C)cc1. The van der Waals surface area contributed by atoms with Gasteiger partial charge in [-0.2, -0.15) is 10.2 Å². The van der Waals surface area contributed by atoms with Crippen LogP contribution in [0.2, 0.25) is 0 Å². The van der Waals surface area contributed by atoms with E-state index in [1.165, 1.54) is 11.1 Å². The highest BCUT2D eigenvalue weighted by Crippen LogP contribution is 2.29. The summed E-state index contributed by atoms with van der Waals surface area (Å²) in [7, 11) is 4.10. The lowest BCUT2D eigenvalue weighted by Gasteiger charge is -2.26. The Hall–Kier alpha value is -2.32. The van der Waals surface area contributed by atoms with Crippen LogP contribution in [0.25, 0.3) is 0 Å². The first-order valence-corrected chi connectivity index (χ1v) is 9.35. The van der Waals surface area contributed by atoms with E-state index in [9.17, 15) is 5.26 Å². The number of hydrogen-bond acceptors (Lipinski definition) is 5. The van der Waals surface area contributed by atoms with E-state index in [2.05, 4.69) is 80.4 Å². The zero-order chi connectivity index (χ0) is 20.4. The van der Waals surface area contributed by atoms with Crippen LogP contribution >= 0.6 is 0 Å². The lowest BCUT2D eigenvalue weighted by Crippen LogP contribution is -2.27. The topological polar surface area (TPSA) is 65.1 Å². The lowest BCUT2D eigenvalue weighted by atomic mass is 9.86. The van der Waals surface area contributed by atoms with Gasteiger partial charge >= 0.3 is 0 Å². The second-order valence-electron chi connectivity index (χ2n) is 9.29. The van der Waals surface area contributed by atoms with Crippen LogP contribution in [-0.2, 0) is 10.8 Å². The Bertz CT molecular complexity index is 799. The second-order valence-corrected chi connectivity index (χ2v) is 9.29. The molecular formula is C22H32N4O. The third-order valence-electron chi connectivity index (χ3n) is 4.62. The molecule has 0 aliphatic rings. The van der Waals surface area contributed by atoms with Gasteiger partial charge in [0, 0.05) is 12.0 Å². The molecule has 1 N–H and O–H groups in total. The Balaban J connectivity index is 2.21. The van der Waals surface area contributed by atoms with Crippen LogP contribution in [-0.4, -0.2) is 30.5 Å². The summed E-state index contributed by atoms with van der Waals surface area (Å²) in [5.74, 6) is 1.01. The van der Waals surface area contributed by atoms with Crippen molar-refractivity contribution in [3.8, 4) is 6.07 Å². The first-order valence-electron chi connectivity index (χ1n) is 9.35. The molecule has 0 spiro atoms. The van der Waals surface area contributed by atoms with E-state index in [1.807, 2.05) is 20.8 Å². The van der Waals surface area contributed by atoms with E-state index >= 15 is 0 Å². The van der Waals surface area contributed by atoms with Gasteiger partial charge in [-0.1, -0.05) is 65.8 Å². The van der Waals surface area contributed by atoms with Crippen molar-refractivity contribution in [2.24, 2.45) is 0 Å². The molecule has 0 unspecified atom stereocenters.